The molecule has 1 unspecified atom stereocenters. The van der Waals surface area contributed by atoms with E-state index in [1.807, 2.05) is 16.8 Å². The van der Waals surface area contributed by atoms with Crippen molar-refractivity contribution in [2.75, 3.05) is 13.2 Å². The lowest BCUT2D eigenvalue weighted by atomic mass is 10.1. The minimum atomic E-state index is 0.176. The molecular formula is C12H14BrN3O2. The van der Waals surface area contributed by atoms with Gasteiger partial charge >= 0.3 is 0 Å². The van der Waals surface area contributed by atoms with Gasteiger partial charge in [-0.1, -0.05) is 0 Å². The molecule has 6 heteroatoms. The van der Waals surface area contributed by atoms with Crippen LogP contribution in [-0.2, 0) is 4.74 Å². The molecule has 0 N–H and O–H groups in total. The highest BCUT2D eigenvalue weighted by molar-refractivity contribution is 9.10. The van der Waals surface area contributed by atoms with E-state index >= 15 is 0 Å². The maximum absolute atomic E-state index is 5.75. The molecular weight excluding hydrogens is 298 g/mol. The highest BCUT2D eigenvalue weighted by Gasteiger charge is 2.16. The molecule has 1 atom stereocenters. The van der Waals surface area contributed by atoms with Gasteiger partial charge in [-0.25, -0.2) is 9.97 Å². The van der Waals surface area contributed by atoms with Crippen molar-refractivity contribution in [1.29, 1.82) is 0 Å². The first kappa shape index (κ1) is 11.9. The second kappa shape index (κ2) is 5.24. The Morgan fingerprint density at radius 1 is 1.50 bits per heavy atom. The number of ether oxygens (including phenoxy) is 2. The summed E-state index contributed by atoms with van der Waals surface area (Å²) in [4.78, 5) is 8.55. The van der Waals surface area contributed by atoms with Crippen molar-refractivity contribution in [3.05, 3.63) is 23.2 Å². The predicted octanol–water partition coefficient (Wildman–Crippen LogP) is 2.44. The van der Waals surface area contributed by atoms with Crippen LogP contribution in [0.2, 0.25) is 0 Å². The summed E-state index contributed by atoms with van der Waals surface area (Å²) in [6.45, 7) is 1.37. The lowest BCUT2D eigenvalue weighted by Gasteiger charge is -2.22. The largest absolute Gasteiger partial charge is 0.472 e. The molecule has 18 heavy (non-hydrogen) atoms. The summed E-state index contributed by atoms with van der Waals surface area (Å²) in [7, 11) is 0. The zero-order valence-electron chi connectivity index (χ0n) is 9.88. The standard InChI is InChI=1S/C12H14BrN3O2/c13-10-7-16-5-4-14-11(16)12(15-10)18-8-9-3-1-2-6-17-9/h4-5,7,9H,1-3,6,8H2. The van der Waals surface area contributed by atoms with Crippen LogP contribution < -0.4 is 4.74 Å². The monoisotopic (exact) mass is 311 g/mol. The van der Waals surface area contributed by atoms with E-state index in [0.717, 1.165) is 29.7 Å². The van der Waals surface area contributed by atoms with Gasteiger partial charge in [0.15, 0.2) is 0 Å². The summed E-state index contributed by atoms with van der Waals surface area (Å²) in [5, 5.41) is 0. The molecule has 0 radical (unpaired) electrons. The summed E-state index contributed by atoms with van der Waals surface area (Å²) < 4.78 is 14.0. The van der Waals surface area contributed by atoms with Crippen LogP contribution >= 0.6 is 15.9 Å². The van der Waals surface area contributed by atoms with E-state index in [0.29, 0.717) is 12.5 Å². The lowest BCUT2D eigenvalue weighted by Crippen LogP contribution is -2.26. The molecule has 1 aliphatic heterocycles. The molecule has 0 amide bonds. The third-order valence-corrected chi connectivity index (χ3v) is 3.38. The second-order valence-electron chi connectivity index (χ2n) is 4.33. The van der Waals surface area contributed by atoms with E-state index in [2.05, 4.69) is 25.9 Å². The van der Waals surface area contributed by atoms with E-state index in [9.17, 15) is 0 Å². The molecule has 3 heterocycles. The summed E-state index contributed by atoms with van der Waals surface area (Å²) >= 11 is 3.36. The van der Waals surface area contributed by atoms with E-state index in [1.54, 1.807) is 6.20 Å². The van der Waals surface area contributed by atoms with Crippen LogP contribution in [0.3, 0.4) is 0 Å². The highest BCUT2D eigenvalue weighted by atomic mass is 79.9. The highest BCUT2D eigenvalue weighted by Crippen LogP contribution is 2.20. The molecule has 0 aliphatic carbocycles. The van der Waals surface area contributed by atoms with Gasteiger partial charge in [0.1, 0.15) is 11.2 Å². The molecule has 0 bridgehead atoms. The number of rotatable bonds is 3. The van der Waals surface area contributed by atoms with Gasteiger partial charge < -0.3 is 9.47 Å². The van der Waals surface area contributed by atoms with Crippen LogP contribution in [0.5, 0.6) is 5.88 Å². The predicted molar refractivity (Wildman–Crippen MR) is 69.8 cm³/mol. The van der Waals surface area contributed by atoms with Crippen molar-refractivity contribution in [3.8, 4) is 5.88 Å². The fourth-order valence-electron chi connectivity index (χ4n) is 2.08. The van der Waals surface area contributed by atoms with Gasteiger partial charge in [-0.15, -0.1) is 0 Å². The van der Waals surface area contributed by atoms with E-state index in [4.69, 9.17) is 9.47 Å². The molecule has 2 aromatic rings. The maximum atomic E-state index is 5.75. The van der Waals surface area contributed by atoms with E-state index in [-0.39, 0.29) is 6.10 Å². The van der Waals surface area contributed by atoms with Gasteiger partial charge in [0, 0.05) is 25.2 Å². The molecule has 1 fully saturated rings. The van der Waals surface area contributed by atoms with Gasteiger partial charge in [-0.05, 0) is 35.2 Å². The Labute approximate surface area is 113 Å². The summed E-state index contributed by atoms with van der Waals surface area (Å²) in [6, 6.07) is 0. The fraction of sp³-hybridized carbons (Fsp3) is 0.500. The lowest BCUT2D eigenvalue weighted by molar-refractivity contribution is -0.0117. The molecule has 96 valence electrons. The van der Waals surface area contributed by atoms with Crippen LogP contribution in [0.25, 0.3) is 5.65 Å². The third-order valence-electron chi connectivity index (χ3n) is 2.99. The van der Waals surface area contributed by atoms with E-state index in [1.165, 1.54) is 6.42 Å². The maximum Gasteiger partial charge on any atom is 0.259 e. The average molecular weight is 312 g/mol. The number of imidazole rings is 1. The van der Waals surface area contributed by atoms with Crippen LogP contribution in [0, 0.1) is 0 Å². The van der Waals surface area contributed by atoms with Crippen molar-refractivity contribution >= 4 is 21.6 Å². The van der Waals surface area contributed by atoms with Crippen molar-refractivity contribution < 1.29 is 9.47 Å². The first-order valence-corrected chi connectivity index (χ1v) is 6.86. The smallest absolute Gasteiger partial charge is 0.259 e. The topological polar surface area (TPSA) is 48.7 Å². The number of nitrogens with zero attached hydrogens (tertiary/aromatic N) is 3. The number of fused-ring (bicyclic) bond motifs is 1. The molecule has 2 aromatic heterocycles. The van der Waals surface area contributed by atoms with Crippen LogP contribution in [0.1, 0.15) is 19.3 Å². The van der Waals surface area contributed by atoms with Gasteiger partial charge in [0.2, 0.25) is 5.65 Å². The number of hydrogen-bond donors (Lipinski definition) is 0. The Morgan fingerprint density at radius 2 is 2.44 bits per heavy atom. The number of aromatic nitrogens is 3. The van der Waals surface area contributed by atoms with E-state index < -0.39 is 0 Å². The summed E-state index contributed by atoms with van der Waals surface area (Å²) in [5.41, 5.74) is 0.731. The second-order valence-corrected chi connectivity index (χ2v) is 5.14. The Kier molecular flexibility index (Phi) is 3.47. The Bertz CT molecular complexity index is 537. The van der Waals surface area contributed by atoms with Crippen LogP contribution in [0.15, 0.2) is 23.2 Å². The third kappa shape index (κ3) is 2.49. The summed E-state index contributed by atoms with van der Waals surface area (Å²) in [6.07, 6.45) is 9.04. The van der Waals surface area contributed by atoms with Gasteiger partial charge in [0.25, 0.3) is 5.88 Å². The fourth-order valence-corrected chi connectivity index (χ4v) is 2.46. The first-order valence-electron chi connectivity index (χ1n) is 6.06. The first-order chi connectivity index (χ1) is 8.83. The molecule has 5 nitrogen and oxygen atoms in total. The molecule has 1 saturated heterocycles. The molecule has 1 aliphatic rings. The zero-order valence-corrected chi connectivity index (χ0v) is 11.5. The minimum absolute atomic E-state index is 0.176. The van der Waals surface area contributed by atoms with Gasteiger partial charge in [-0.2, -0.15) is 0 Å². The van der Waals surface area contributed by atoms with Crippen molar-refractivity contribution in [2.45, 2.75) is 25.4 Å². The molecule has 0 aromatic carbocycles. The molecule has 0 saturated carbocycles. The van der Waals surface area contributed by atoms with Crippen molar-refractivity contribution in [2.24, 2.45) is 0 Å². The Balaban J connectivity index is 1.75. The quantitative estimate of drug-likeness (QED) is 0.873. The normalized spacial score (nSPS) is 20.2. The van der Waals surface area contributed by atoms with Crippen LogP contribution in [-0.4, -0.2) is 33.7 Å². The molecule has 3 rings (SSSR count). The average Bonchev–Trinajstić information content (AvgIpc) is 2.85. The number of halogens is 1. The summed E-state index contributed by atoms with van der Waals surface area (Å²) in [5.74, 6) is 0.545. The van der Waals surface area contributed by atoms with Crippen molar-refractivity contribution in [3.63, 3.8) is 0 Å². The Morgan fingerprint density at radius 3 is 3.28 bits per heavy atom. The van der Waals surface area contributed by atoms with Crippen LogP contribution in [0.4, 0.5) is 0 Å². The van der Waals surface area contributed by atoms with Crippen molar-refractivity contribution in [1.82, 2.24) is 14.4 Å². The SMILES string of the molecule is Brc1cn2ccnc2c(OCC2CCCCO2)n1. The Hall–Kier alpha value is -1.14. The minimum Gasteiger partial charge on any atom is -0.472 e. The molecule has 0 spiro atoms. The van der Waals surface area contributed by atoms with Gasteiger partial charge in [-0.3, -0.25) is 4.40 Å². The number of hydrogen-bond acceptors (Lipinski definition) is 4. The van der Waals surface area contributed by atoms with Gasteiger partial charge in [0.05, 0.1) is 6.10 Å². The zero-order chi connectivity index (χ0) is 12.4.